The summed E-state index contributed by atoms with van der Waals surface area (Å²) in [6.45, 7) is 0.979. The van der Waals surface area contributed by atoms with Crippen molar-refractivity contribution in [2.45, 2.75) is 25.1 Å². The second-order valence-electron chi connectivity index (χ2n) is 3.05. The van der Waals surface area contributed by atoms with Gasteiger partial charge in [-0.05, 0) is 25.9 Å². The van der Waals surface area contributed by atoms with E-state index in [-0.39, 0.29) is 12.8 Å². The zero-order valence-electron chi connectivity index (χ0n) is 6.56. The molecule has 1 atom stereocenters. The highest BCUT2D eigenvalue weighted by Gasteiger charge is 2.45. The van der Waals surface area contributed by atoms with Crippen molar-refractivity contribution in [1.82, 2.24) is 5.32 Å². The monoisotopic (exact) mass is 183 g/mol. The first-order valence-corrected chi connectivity index (χ1v) is 3.95. The molecule has 0 aromatic rings. The highest BCUT2D eigenvalue weighted by atomic mass is 19.3. The molecule has 0 aromatic heterocycles. The van der Waals surface area contributed by atoms with Crippen molar-refractivity contribution >= 4 is 0 Å². The number of hydrogen-bond acceptors (Lipinski definition) is 2. The first kappa shape index (κ1) is 9.80. The van der Waals surface area contributed by atoms with E-state index in [0.29, 0.717) is 13.1 Å². The second kappa shape index (κ2) is 3.62. The predicted molar refractivity (Wildman–Crippen MR) is 37.7 cm³/mol. The van der Waals surface area contributed by atoms with Crippen molar-refractivity contribution in [3.05, 3.63) is 0 Å². The van der Waals surface area contributed by atoms with Gasteiger partial charge in [-0.2, -0.15) is 0 Å². The van der Waals surface area contributed by atoms with Crippen molar-refractivity contribution in [2.75, 3.05) is 13.1 Å². The summed E-state index contributed by atoms with van der Waals surface area (Å²) in [7, 11) is 0. The smallest absolute Gasteiger partial charge is 0.296 e. The minimum absolute atomic E-state index is 0.261. The topological polar surface area (TPSA) is 32.3 Å². The molecule has 0 aliphatic carbocycles. The quantitative estimate of drug-likeness (QED) is 0.667. The highest BCUT2D eigenvalue weighted by molar-refractivity contribution is 4.82. The minimum Gasteiger partial charge on any atom is -0.357 e. The van der Waals surface area contributed by atoms with Gasteiger partial charge in [0.25, 0.3) is 12.3 Å². The Labute approximate surface area is 68.8 Å². The van der Waals surface area contributed by atoms with Gasteiger partial charge in [-0.1, -0.05) is 0 Å². The fraction of sp³-hybridized carbons (Fsp3) is 1.00. The molecule has 5 heteroatoms. The largest absolute Gasteiger partial charge is 0.357 e. The van der Waals surface area contributed by atoms with Crippen LogP contribution >= 0.6 is 0 Å². The molecule has 1 rings (SSSR count). The summed E-state index contributed by atoms with van der Waals surface area (Å²) in [5, 5.41) is 11.7. The molecule has 1 aliphatic heterocycles. The van der Waals surface area contributed by atoms with E-state index >= 15 is 0 Å². The number of rotatable bonds is 2. The van der Waals surface area contributed by atoms with Crippen molar-refractivity contribution in [3.63, 3.8) is 0 Å². The van der Waals surface area contributed by atoms with Crippen LogP contribution in [0.4, 0.5) is 13.2 Å². The van der Waals surface area contributed by atoms with Gasteiger partial charge in [0.2, 0.25) is 0 Å². The Hall–Kier alpha value is -0.290. The van der Waals surface area contributed by atoms with Crippen LogP contribution in [0.5, 0.6) is 0 Å². The van der Waals surface area contributed by atoms with E-state index in [4.69, 9.17) is 5.11 Å². The lowest BCUT2D eigenvalue weighted by Gasteiger charge is -2.31. The van der Waals surface area contributed by atoms with Crippen LogP contribution in [0.25, 0.3) is 0 Å². The van der Waals surface area contributed by atoms with Crippen LogP contribution in [-0.2, 0) is 0 Å². The molecule has 12 heavy (non-hydrogen) atoms. The molecule has 1 fully saturated rings. The number of aliphatic hydroxyl groups is 1. The van der Waals surface area contributed by atoms with Crippen LogP contribution < -0.4 is 5.32 Å². The lowest BCUT2D eigenvalue weighted by molar-refractivity contribution is -0.223. The first-order valence-electron chi connectivity index (χ1n) is 3.95. The molecule has 1 heterocycles. The van der Waals surface area contributed by atoms with Crippen LogP contribution in [0.15, 0.2) is 0 Å². The summed E-state index contributed by atoms with van der Waals surface area (Å²) in [5.74, 6) is -4.24. The Morgan fingerprint density at radius 1 is 1.33 bits per heavy atom. The molecule has 0 bridgehead atoms. The van der Waals surface area contributed by atoms with Crippen LogP contribution in [-0.4, -0.2) is 30.5 Å². The van der Waals surface area contributed by atoms with E-state index < -0.39 is 18.2 Å². The van der Waals surface area contributed by atoms with Crippen molar-refractivity contribution in [2.24, 2.45) is 5.92 Å². The Morgan fingerprint density at radius 3 is 2.25 bits per heavy atom. The molecule has 0 radical (unpaired) electrons. The van der Waals surface area contributed by atoms with Gasteiger partial charge < -0.3 is 10.4 Å². The lowest BCUT2D eigenvalue weighted by Crippen LogP contribution is -2.45. The maximum atomic E-state index is 12.9. The van der Waals surface area contributed by atoms with Gasteiger partial charge in [0.1, 0.15) is 0 Å². The third-order valence-electron chi connectivity index (χ3n) is 2.22. The van der Waals surface area contributed by atoms with Crippen LogP contribution in [0.1, 0.15) is 12.8 Å². The lowest BCUT2D eigenvalue weighted by atomic mass is 9.90. The number of alkyl halides is 3. The second-order valence-corrected chi connectivity index (χ2v) is 3.05. The fourth-order valence-electron chi connectivity index (χ4n) is 1.40. The third-order valence-corrected chi connectivity index (χ3v) is 2.22. The molecular weight excluding hydrogens is 171 g/mol. The molecule has 1 saturated heterocycles. The number of hydrogen-bond donors (Lipinski definition) is 2. The highest BCUT2D eigenvalue weighted by Crippen LogP contribution is 2.32. The van der Waals surface area contributed by atoms with Crippen LogP contribution in [0.3, 0.4) is 0 Å². The van der Waals surface area contributed by atoms with Crippen molar-refractivity contribution in [3.8, 4) is 0 Å². The van der Waals surface area contributed by atoms with Crippen molar-refractivity contribution in [1.29, 1.82) is 0 Å². The normalized spacial score (nSPS) is 25.8. The van der Waals surface area contributed by atoms with E-state index in [2.05, 4.69) is 5.32 Å². The Balaban J connectivity index is 2.53. The van der Waals surface area contributed by atoms with Gasteiger partial charge in [-0.25, -0.2) is 13.2 Å². The molecule has 0 saturated carbocycles. The van der Waals surface area contributed by atoms with Gasteiger partial charge in [0.05, 0.1) is 0 Å². The van der Waals surface area contributed by atoms with E-state index in [9.17, 15) is 13.2 Å². The summed E-state index contributed by atoms with van der Waals surface area (Å²) < 4.78 is 36.8. The standard InChI is InChI=1S/C7H12F3NO/c8-6(9)7(10,12)5-1-3-11-4-2-5/h5-6,11-12H,1-4H2. The predicted octanol–water partition coefficient (Wildman–Crippen LogP) is 0.909. The van der Waals surface area contributed by atoms with Gasteiger partial charge in [0, 0.05) is 5.92 Å². The Morgan fingerprint density at radius 2 is 1.83 bits per heavy atom. The molecular formula is C7H12F3NO. The summed E-state index contributed by atoms with van der Waals surface area (Å²) >= 11 is 0. The molecule has 2 nitrogen and oxygen atoms in total. The minimum atomic E-state index is -3.31. The number of nitrogens with one attached hydrogen (secondary N) is 1. The van der Waals surface area contributed by atoms with Gasteiger partial charge in [0.15, 0.2) is 0 Å². The summed E-state index contributed by atoms with van der Waals surface area (Å²) in [6, 6.07) is 0. The van der Waals surface area contributed by atoms with Crippen molar-refractivity contribution < 1.29 is 18.3 Å². The molecule has 1 unspecified atom stereocenters. The molecule has 72 valence electrons. The van der Waals surface area contributed by atoms with E-state index in [1.807, 2.05) is 0 Å². The van der Waals surface area contributed by atoms with Gasteiger partial charge in [-0.15, -0.1) is 0 Å². The first-order chi connectivity index (χ1) is 5.55. The molecule has 2 N–H and O–H groups in total. The Kier molecular flexibility index (Phi) is 2.95. The average Bonchev–Trinajstić information content (AvgIpc) is 2.06. The molecule has 0 aromatic carbocycles. The maximum absolute atomic E-state index is 12.9. The molecule has 0 amide bonds. The Bertz CT molecular complexity index is 146. The number of halogens is 3. The van der Waals surface area contributed by atoms with E-state index in [1.165, 1.54) is 0 Å². The zero-order valence-corrected chi connectivity index (χ0v) is 6.56. The van der Waals surface area contributed by atoms with E-state index in [0.717, 1.165) is 0 Å². The number of piperidine rings is 1. The van der Waals surface area contributed by atoms with Crippen LogP contribution in [0, 0.1) is 5.92 Å². The molecule has 1 aliphatic rings. The van der Waals surface area contributed by atoms with Crippen LogP contribution in [0.2, 0.25) is 0 Å². The summed E-state index contributed by atoms with van der Waals surface area (Å²) in [4.78, 5) is 0. The fourth-order valence-corrected chi connectivity index (χ4v) is 1.40. The molecule has 0 spiro atoms. The van der Waals surface area contributed by atoms with Gasteiger partial charge in [-0.3, -0.25) is 0 Å². The summed E-state index contributed by atoms with van der Waals surface area (Å²) in [6.07, 6.45) is -2.78. The van der Waals surface area contributed by atoms with E-state index in [1.54, 1.807) is 0 Å². The summed E-state index contributed by atoms with van der Waals surface area (Å²) in [5.41, 5.74) is 0. The zero-order chi connectivity index (χ0) is 9.19. The average molecular weight is 183 g/mol. The third kappa shape index (κ3) is 1.90. The SMILES string of the molecule is OC(F)(C(F)F)C1CCNCC1. The maximum Gasteiger partial charge on any atom is 0.296 e. The van der Waals surface area contributed by atoms with Gasteiger partial charge >= 0.3 is 0 Å².